The molecule has 1 aromatic heterocycles. The maximum Gasteiger partial charge on any atom is 0.275 e. The largest absolute Gasteiger partial charge is 0.506 e. The van der Waals surface area contributed by atoms with Gasteiger partial charge in [-0.2, -0.15) is 9.78 Å². The number of nitrogens with zero attached hydrogens (tertiary/aromatic N) is 2. The number of nitrogens with one attached hydrogen (secondary N) is 1. The smallest absolute Gasteiger partial charge is 0.275 e. The molecule has 0 saturated heterocycles. The summed E-state index contributed by atoms with van der Waals surface area (Å²) in [7, 11) is 0. The molecule has 0 fully saturated rings. The number of aromatic hydroxyl groups is 1. The highest BCUT2D eigenvalue weighted by atomic mass is 35.5. The zero-order valence-corrected chi connectivity index (χ0v) is 12.1. The van der Waals surface area contributed by atoms with Crippen molar-refractivity contribution in [1.82, 2.24) is 15.1 Å². The van der Waals surface area contributed by atoms with Gasteiger partial charge in [-0.25, -0.2) is 0 Å². The Morgan fingerprint density at radius 3 is 2.80 bits per heavy atom. The molecule has 0 spiro atoms. The molecule has 0 unspecified atom stereocenters. The van der Waals surface area contributed by atoms with Gasteiger partial charge < -0.3 is 10.4 Å². The second-order valence-corrected chi connectivity index (χ2v) is 4.87. The van der Waals surface area contributed by atoms with Crippen LogP contribution in [0.2, 0.25) is 5.02 Å². The van der Waals surface area contributed by atoms with Gasteiger partial charge in [0, 0.05) is 17.6 Å². The van der Waals surface area contributed by atoms with Gasteiger partial charge in [0.15, 0.2) is 0 Å². The Bertz CT molecular complexity index is 683. The van der Waals surface area contributed by atoms with Crippen LogP contribution in [0.1, 0.15) is 18.2 Å². The van der Waals surface area contributed by atoms with Gasteiger partial charge in [-0.3, -0.25) is 4.79 Å². The van der Waals surface area contributed by atoms with Crippen LogP contribution in [0.4, 0.5) is 0 Å². The molecule has 0 saturated carbocycles. The van der Waals surface area contributed by atoms with E-state index in [-0.39, 0.29) is 11.3 Å². The van der Waals surface area contributed by atoms with Crippen LogP contribution in [-0.2, 0) is 6.54 Å². The molecule has 6 heteroatoms. The van der Waals surface area contributed by atoms with Gasteiger partial charge in [0.1, 0.15) is 11.4 Å². The predicted molar refractivity (Wildman–Crippen MR) is 78.6 cm³/mol. The van der Waals surface area contributed by atoms with Crippen LogP contribution < -0.4 is 10.9 Å². The second-order valence-electron chi connectivity index (χ2n) is 4.44. The van der Waals surface area contributed by atoms with E-state index in [1.165, 1.54) is 10.7 Å². The molecule has 0 bridgehead atoms. The molecular formula is C14H16ClN3O2. The molecule has 2 N–H and O–H groups in total. The van der Waals surface area contributed by atoms with E-state index in [4.69, 9.17) is 11.6 Å². The van der Waals surface area contributed by atoms with Crippen molar-refractivity contribution < 1.29 is 5.11 Å². The van der Waals surface area contributed by atoms with Crippen molar-refractivity contribution in [2.45, 2.75) is 20.4 Å². The molecule has 0 aliphatic carbocycles. The van der Waals surface area contributed by atoms with E-state index in [1.807, 2.05) is 13.8 Å². The van der Waals surface area contributed by atoms with Crippen LogP contribution in [0.15, 0.2) is 29.1 Å². The monoisotopic (exact) mass is 293 g/mol. The van der Waals surface area contributed by atoms with Crippen molar-refractivity contribution in [2.75, 3.05) is 6.54 Å². The molecule has 5 nitrogen and oxygen atoms in total. The number of benzene rings is 1. The SMILES string of the molecule is CCNCc1nn(-c2ccc(Cl)cc2C)c(=O)cc1O. The third kappa shape index (κ3) is 3.00. The number of hydrogen-bond acceptors (Lipinski definition) is 4. The molecule has 1 aromatic carbocycles. The van der Waals surface area contributed by atoms with Crippen molar-refractivity contribution in [1.29, 1.82) is 0 Å². The topological polar surface area (TPSA) is 67.2 Å². The van der Waals surface area contributed by atoms with E-state index < -0.39 is 0 Å². The quantitative estimate of drug-likeness (QED) is 0.905. The second kappa shape index (κ2) is 6.07. The van der Waals surface area contributed by atoms with Crippen LogP contribution in [-0.4, -0.2) is 21.4 Å². The number of aryl methyl sites for hydroxylation is 1. The van der Waals surface area contributed by atoms with Gasteiger partial charge in [-0.05, 0) is 37.2 Å². The molecule has 2 aromatic rings. The van der Waals surface area contributed by atoms with Crippen molar-refractivity contribution in [3.63, 3.8) is 0 Å². The Morgan fingerprint density at radius 2 is 2.15 bits per heavy atom. The minimum Gasteiger partial charge on any atom is -0.506 e. The number of rotatable bonds is 4. The number of aromatic nitrogens is 2. The molecule has 2 rings (SSSR count). The normalized spacial score (nSPS) is 10.8. The average molecular weight is 294 g/mol. The van der Waals surface area contributed by atoms with Crippen LogP contribution >= 0.6 is 11.6 Å². The van der Waals surface area contributed by atoms with Crippen LogP contribution in [0.25, 0.3) is 5.69 Å². The van der Waals surface area contributed by atoms with E-state index >= 15 is 0 Å². The van der Waals surface area contributed by atoms with Gasteiger partial charge in [-0.15, -0.1) is 0 Å². The molecule has 1 heterocycles. The third-order valence-corrected chi connectivity index (χ3v) is 3.15. The van der Waals surface area contributed by atoms with Gasteiger partial charge in [-0.1, -0.05) is 18.5 Å². The summed E-state index contributed by atoms with van der Waals surface area (Å²) < 4.78 is 1.28. The lowest BCUT2D eigenvalue weighted by Crippen LogP contribution is -2.24. The summed E-state index contributed by atoms with van der Waals surface area (Å²) in [6.07, 6.45) is 0. The van der Waals surface area contributed by atoms with E-state index in [0.29, 0.717) is 22.9 Å². The first-order chi connectivity index (χ1) is 9.52. The van der Waals surface area contributed by atoms with Gasteiger partial charge in [0.05, 0.1) is 5.69 Å². The van der Waals surface area contributed by atoms with Gasteiger partial charge >= 0.3 is 0 Å². The summed E-state index contributed by atoms with van der Waals surface area (Å²) in [6, 6.07) is 6.38. The highest BCUT2D eigenvalue weighted by molar-refractivity contribution is 6.30. The zero-order chi connectivity index (χ0) is 14.7. The Kier molecular flexibility index (Phi) is 4.42. The molecule has 0 aliphatic heterocycles. The summed E-state index contributed by atoms with van der Waals surface area (Å²) in [6.45, 7) is 4.96. The summed E-state index contributed by atoms with van der Waals surface area (Å²) in [4.78, 5) is 12.0. The lowest BCUT2D eigenvalue weighted by Gasteiger charge is -2.11. The Morgan fingerprint density at radius 1 is 1.40 bits per heavy atom. The van der Waals surface area contributed by atoms with E-state index in [0.717, 1.165) is 12.1 Å². The molecule has 20 heavy (non-hydrogen) atoms. The van der Waals surface area contributed by atoms with Crippen LogP contribution in [0.5, 0.6) is 5.75 Å². The fraction of sp³-hybridized carbons (Fsp3) is 0.286. The summed E-state index contributed by atoms with van der Waals surface area (Å²) in [5.74, 6) is -0.0983. The Labute approximate surface area is 121 Å². The summed E-state index contributed by atoms with van der Waals surface area (Å²) in [5.41, 5.74) is 1.54. The zero-order valence-electron chi connectivity index (χ0n) is 11.4. The minimum atomic E-state index is -0.381. The highest BCUT2D eigenvalue weighted by Crippen LogP contribution is 2.18. The van der Waals surface area contributed by atoms with Crippen molar-refractivity contribution in [3.05, 3.63) is 50.9 Å². The van der Waals surface area contributed by atoms with Crippen molar-refractivity contribution in [2.24, 2.45) is 0 Å². The predicted octanol–water partition coefficient (Wildman–Crippen LogP) is 2.01. The Balaban J connectivity index is 2.53. The van der Waals surface area contributed by atoms with E-state index in [1.54, 1.807) is 18.2 Å². The van der Waals surface area contributed by atoms with Crippen LogP contribution in [0.3, 0.4) is 0 Å². The maximum atomic E-state index is 12.0. The van der Waals surface area contributed by atoms with Gasteiger partial charge in [0.2, 0.25) is 0 Å². The lowest BCUT2D eigenvalue weighted by atomic mass is 10.2. The first-order valence-corrected chi connectivity index (χ1v) is 6.70. The fourth-order valence-corrected chi connectivity index (χ4v) is 2.11. The Hall–Kier alpha value is -1.85. The fourth-order valence-electron chi connectivity index (χ4n) is 1.88. The molecular weight excluding hydrogens is 278 g/mol. The molecule has 0 atom stereocenters. The number of hydrogen-bond donors (Lipinski definition) is 2. The van der Waals surface area contributed by atoms with Gasteiger partial charge in [0.25, 0.3) is 5.56 Å². The average Bonchev–Trinajstić information content (AvgIpc) is 2.39. The highest BCUT2D eigenvalue weighted by Gasteiger charge is 2.10. The molecule has 0 amide bonds. The maximum absolute atomic E-state index is 12.0. The van der Waals surface area contributed by atoms with Crippen LogP contribution in [0, 0.1) is 6.92 Å². The van der Waals surface area contributed by atoms with Crippen molar-refractivity contribution in [3.8, 4) is 11.4 Å². The summed E-state index contributed by atoms with van der Waals surface area (Å²) in [5, 5.41) is 17.7. The molecule has 0 aliphatic rings. The lowest BCUT2D eigenvalue weighted by molar-refractivity contribution is 0.452. The van der Waals surface area contributed by atoms with E-state index in [2.05, 4.69) is 10.4 Å². The first kappa shape index (κ1) is 14.6. The molecule has 0 radical (unpaired) electrons. The van der Waals surface area contributed by atoms with E-state index in [9.17, 15) is 9.90 Å². The van der Waals surface area contributed by atoms with Crippen molar-refractivity contribution >= 4 is 11.6 Å². The third-order valence-electron chi connectivity index (χ3n) is 2.91. The molecule has 106 valence electrons. The minimum absolute atomic E-state index is 0.0983. The number of halogens is 1. The standard InChI is InChI=1S/C14H16ClN3O2/c1-3-16-8-11-13(19)7-14(20)18(17-11)12-5-4-10(15)6-9(12)2/h4-7,16,19H,3,8H2,1-2H3. The first-order valence-electron chi connectivity index (χ1n) is 6.32. The summed E-state index contributed by atoms with van der Waals surface area (Å²) >= 11 is 5.91.